The van der Waals surface area contributed by atoms with E-state index in [2.05, 4.69) is 0 Å². The molecule has 1 fully saturated rings. The first-order chi connectivity index (χ1) is 8.11. The summed E-state index contributed by atoms with van der Waals surface area (Å²) in [6.07, 6.45) is 1.61. The highest BCUT2D eigenvalue weighted by Gasteiger charge is 2.32. The fraction of sp³-hybridized carbons (Fsp3) is 0.333. The number of thiocarbonyl (C=S) groups is 1. The Morgan fingerprint density at radius 1 is 1.47 bits per heavy atom. The molecule has 17 heavy (non-hydrogen) atoms. The van der Waals surface area contributed by atoms with Crippen LogP contribution in [-0.2, 0) is 0 Å². The van der Waals surface area contributed by atoms with Gasteiger partial charge in [-0.1, -0.05) is 24.4 Å². The number of rotatable bonds is 2. The number of carbonyl (C=O) groups is 1. The maximum Gasteiger partial charge on any atom is 0.257 e. The largest absolute Gasteiger partial charge is 0.392 e. The second-order valence-electron chi connectivity index (χ2n) is 4.04. The zero-order valence-electron chi connectivity index (χ0n) is 9.23. The predicted octanol–water partition coefficient (Wildman–Crippen LogP) is 1.72. The molecule has 0 radical (unpaired) electrons. The van der Waals surface area contributed by atoms with Crippen LogP contribution >= 0.6 is 12.2 Å². The Labute approximate surface area is 104 Å². The van der Waals surface area contributed by atoms with Crippen molar-refractivity contribution in [3.63, 3.8) is 0 Å². The van der Waals surface area contributed by atoms with Crippen LogP contribution in [0.5, 0.6) is 0 Å². The number of likely N-dealkylation sites (tertiary alicyclic amines) is 1. The van der Waals surface area contributed by atoms with Gasteiger partial charge in [0, 0.05) is 6.54 Å². The average Bonchev–Trinajstić information content (AvgIpc) is 2.77. The third-order valence-electron chi connectivity index (χ3n) is 2.95. The lowest BCUT2D eigenvalue weighted by atomic mass is 10.1. The molecule has 90 valence electrons. The molecule has 0 bridgehead atoms. The van der Waals surface area contributed by atoms with Crippen LogP contribution in [0.3, 0.4) is 0 Å². The number of hydrogen-bond acceptors (Lipinski definition) is 2. The summed E-state index contributed by atoms with van der Waals surface area (Å²) in [6, 6.07) is 5.71. The molecule has 3 nitrogen and oxygen atoms in total. The number of halogens is 1. The Morgan fingerprint density at radius 2 is 2.18 bits per heavy atom. The zero-order valence-corrected chi connectivity index (χ0v) is 10.0. The molecule has 2 N–H and O–H groups in total. The molecule has 0 spiro atoms. The van der Waals surface area contributed by atoms with Crippen LogP contribution in [0.25, 0.3) is 0 Å². The number of benzene rings is 1. The van der Waals surface area contributed by atoms with E-state index in [-0.39, 0.29) is 17.5 Å². The third-order valence-corrected chi connectivity index (χ3v) is 3.22. The fourth-order valence-corrected chi connectivity index (χ4v) is 2.34. The average molecular weight is 252 g/mol. The molecular formula is C12H13FN2OS. The number of nitrogens with zero attached hydrogens (tertiary/aromatic N) is 1. The Hall–Kier alpha value is -1.49. The van der Waals surface area contributed by atoms with Crippen molar-refractivity contribution in [3.05, 3.63) is 35.6 Å². The number of amides is 1. The van der Waals surface area contributed by atoms with E-state index < -0.39 is 5.82 Å². The first-order valence-corrected chi connectivity index (χ1v) is 5.87. The monoisotopic (exact) mass is 252 g/mol. The van der Waals surface area contributed by atoms with Gasteiger partial charge in [-0.05, 0) is 25.0 Å². The van der Waals surface area contributed by atoms with E-state index in [1.165, 1.54) is 12.1 Å². The molecular weight excluding hydrogens is 239 g/mol. The molecule has 1 atom stereocenters. The quantitative estimate of drug-likeness (QED) is 0.815. The molecule has 0 saturated carbocycles. The van der Waals surface area contributed by atoms with Crippen molar-refractivity contribution in [2.45, 2.75) is 18.9 Å². The van der Waals surface area contributed by atoms with Gasteiger partial charge in [-0.15, -0.1) is 0 Å². The van der Waals surface area contributed by atoms with Crippen molar-refractivity contribution < 1.29 is 9.18 Å². The first kappa shape index (κ1) is 12.0. The van der Waals surface area contributed by atoms with Gasteiger partial charge in [-0.3, -0.25) is 4.79 Å². The van der Waals surface area contributed by atoms with Gasteiger partial charge >= 0.3 is 0 Å². The summed E-state index contributed by atoms with van der Waals surface area (Å²) < 4.78 is 13.5. The molecule has 1 saturated heterocycles. The van der Waals surface area contributed by atoms with Gasteiger partial charge in [0.2, 0.25) is 0 Å². The van der Waals surface area contributed by atoms with Crippen LogP contribution in [0, 0.1) is 5.82 Å². The lowest BCUT2D eigenvalue weighted by Gasteiger charge is -2.23. The molecule has 0 aromatic heterocycles. The van der Waals surface area contributed by atoms with E-state index in [0.717, 1.165) is 12.8 Å². The van der Waals surface area contributed by atoms with Crippen molar-refractivity contribution in [3.8, 4) is 0 Å². The maximum absolute atomic E-state index is 13.5. The Morgan fingerprint density at radius 3 is 2.82 bits per heavy atom. The maximum atomic E-state index is 13.5. The van der Waals surface area contributed by atoms with Crippen LogP contribution in [0.4, 0.5) is 4.39 Å². The Bertz CT molecular complexity index is 464. The predicted molar refractivity (Wildman–Crippen MR) is 67.2 cm³/mol. The van der Waals surface area contributed by atoms with Crippen LogP contribution in [0.15, 0.2) is 24.3 Å². The summed E-state index contributed by atoms with van der Waals surface area (Å²) in [4.78, 5) is 14.0. The van der Waals surface area contributed by atoms with Crippen LogP contribution in [0.1, 0.15) is 23.2 Å². The minimum atomic E-state index is -0.508. The molecule has 1 heterocycles. The van der Waals surface area contributed by atoms with Gasteiger partial charge in [0.05, 0.1) is 16.6 Å². The molecule has 1 aromatic carbocycles. The van der Waals surface area contributed by atoms with E-state index in [9.17, 15) is 9.18 Å². The Balaban J connectivity index is 2.26. The van der Waals surface area contributed by atoms with Crippen LogP contribution < -0.4 is 5.73 Å². The summed E-state index contributed by atoms with van der Waals surface area (Å²) in [5.74, 6) is -0.843. The fourth-order valence-electron chi connectivity index (χ4n) is 2.09. The smallest absolute Gasteiger partial charge is 0.257 e. The van der Waals surface area contributed by atoms with Gasteiger partial charge in [0.1, 0.15) is 5.82 Å². The summed E-state index contributed by atoms with van der Waals surface area (Å²) in [5.41, 5.74) is 5.67. The van der Waals surface area contributed by atoms with Crippen LogP contribution in [-0.4, -0.2) is 28.4 Å². The van der Waals surface area contributed by atoms with Gasteiger partial charge in [0.15, 0.2) is 0 Å². The number of nitrogens with two attached hydrogens (primary N) is 1. The molecule has 1 aliphatic heterocycles. The Kier molecular flexibility index (Phi) is 3.38. The van der Waals surface area contributed by atoms with Crippen molar-refractivity contribution in [1.82, 2.24) is 4.90 Å². The van der Waals surface area contributed by atoms with Crippen molar-refractivity contribution in [2.24, 2.45) is 5.73 Å². The molecule has 1 amide bonds. The normalized spacial score (nSPS) is 19.4. The van der Waals surface area contributed by atoms with E-state index in [4.69, 9.17) is 18.0 Å². The van der Waals surface area contributed by atoms with Gasteiger partial charge in [0.25, 0.3) is 5.91 Å². The molecule has 1 aromatic rings. The van der Waals surface area contributed by atoms with Gasteiger partial charge in [-0.25, -0.2) is 4.39 Å². The molecule has 2 rings (SSSR count). The van der Waals surface area contributed by atoms with Crippen LogP contribution in [0.2, 0.25) is 0 Å². The molecule has 1 aliphatic rings. The lowest BCUT2D eigenvalue weighted by Crippen LogP contribution is -2.43. The topological polar surface area (TPSA) is 46.3 Å². The van der Waals surface area contributed by atoms with Gasteiger partial charge < -0.3 is 10.6 Å². The second-order valence-corrected chi connectivity index (χ2v) is 4.51. The summed E-state index contributed by atoms with van der Waals surface area (Å²) in [7, 11) is 0. The summed E-state index contributed by atoms with van der Waals surface area (Å²) >= 11 is 4.92. The van der Waals surface area contributed by atoms with Crippen molar-refractivity contribution in [1.29, 1.82) is 0 Å². The standard InChI is InChI=1S/C12H13FN2OS/c13-9-5-2-1-4-8(9)12(16)15-7-3-6-10(15)11(14)17/h1-2,4-5,10H,3,6-7H2,(H2,14,17). The van der Waals surface area contributed by atoms with E-state index in [1.807, 2.05) is 0 Å². The van der Waals surface area contributed by atoms with Crippen molar-refractivity contribution >= 4 is 23.1 Å². The molecule has 1 unspecified atom stereocenters. The highest BCUT2D eigenvalue weighted by molar-refractivity contribution is 7.80. The lowest BCUT2D eigenvalue weighted by molar-refractivity contribution is 0.0765. The highest BCUT2D eigenvalue weighted by atomic mass is 32.1. The second kappa shape index (κ2) is 4.79. The summed E-state index contributed by atoms with van der Waals surface area (Å²) in [6.45, 7) is 0.579. The third kappa shape index (κ3) is 2.29. The number of hydrogen-bond donors (Lipinski definition) is 1. The minimum absolute atomic E-state index is 0.0793. The van der Waals surface area contributed by atoms with E-state index in [0.29, 0.717) is 11.5 Å². The van der Waals surface area contributed by atoms with Crippen molar-refractivity contribution in [2.75, 3.05) is 6.54 Å². The van der Waals surface area contributed by atoms with E-state index in [1.54, 1.807) is 17.0 Å². The first-order valence-electron chi connectivity index (χ1n) is 5.46. The van der Waals surface area contributed by atoms with E-state index >= 15 is 0 Å². The molecule has 5 heteroatoms. The minimum Gasteiger partial charge on any atom is -0.392 e. The highest BCUT2D eigenvalue weighted by Crippen LogP contribution is 2.21. The zero-order chi connectivity index (χ0) is 12.4. The summed E-state index contributed by atoms with van der Waals surface area (Å²) in [5, 5.41) is 0. The number of carbonyl (C=O) groups excluding carboxylic acids is 1. The SMILES string of the molecule is NC(=S)C1CCCN1C(=O)c1ccccc1F. The van der Waals surface area contributed by atoms with Gasteiger partial charge in [-0.2, -0.15) is 0 Å². The molecule has 0 aliphatic carbocycles.